The molecule has 10 heteroatoms. The van der Waals surface area contributed by atoms with Gasteiger partial charge in [0.25, 0.3) is 11.8 Å². The maximum atomic E-state index is 12.8. The predicted molar refractivity (Wildman–Crippen MR) is 116 cm³/mol. The number of rotatable bonds is 5. The van der Waals surface area contributed by atoms with Crippen LogP contribution in [0, 0.1) is 13.8 Å². The molecular formula is C22H20N6O4. The summed E-state index contributed by atoms with van der Waals surface area (Å²) < 4.78 is 11.6. The van der Waals surface area contributed by atoms with Crippen LogP contribution in [0.5, 0.6) is 11.6 Å². The van der Waals surface area contributed by atoms with Crippen molar-refractivity contribution in [2.24, 2.45) is 0 Å². The number of ether oxygens (including phenoxy) is 1. The summed E-state index contributed by atoms with van der Waals surface area (Å²) in [5, 5.41) is 3.37. The molecule has 0 bridgehead atoms. The Morgan fingerprint density at radius 3 is 2.44 bits per heavy atom. The van der Waals surface area contributed by atoms with Crippen LogP contribution in [0.25, 0.3) is 11.0 Å². The Labute approximate surface area is 183 Å². The van der Waals surface area contributed by atoms with Crippen LogP contribution in [0.4, 0.5) is 5.82 Å². The fourth-order valence-electron chi connectivity index (χ4n) is 2.92. The van der Waals surface area contributed by atoms with Crippen LogP contribution in [0.1, 0.15) is 32.3 Å². The van der Waals surface area contributed by atoms with Crippen LogP contribution in [0.3, 0.4) is 0 Å². The number of benzene rings is 1. The summed E-state index contributed by atoms with van der Waals surface area (Å²) in [6, 6.07) is 5.00. The van der Waals surface area contributed by atoms with Gasteiger partial charge >= 0.3 is 0 Å². The Morgan fingerprint density at radius 1 is 0.969 bits per heavy atom. The highest BCUT2D eigenvalue weighted by Crippen LogP contribution is 2.33. The second kappa shape index (κ2) is 8.42. The van der Waals surface area contributed by atoms with Crippen molar-refractivity contribution in [3.63, 3.8) is 0 Å². The standard InChI is InChI=1S/C22H20N6O4/c1-12-8-25-19(10-23-12)27-21(29)14-6-17-15(5-13(2)31-17)18(7-14)32-20-11-24-16(9-26-20)22(30)28(3)4/h5-11H,1-4H3,(H,25,27,29). The highest BCUT2D eigenvalue weighted by Gasteiger charge is 2.17. The average Bonchev–Trinajstić information content (AvgIpc) is 3.15. The van der Waals surface area contributed by atoms with Gasteiger partial charge in [0.15, 0.2) is 5.82 Å². The van der Waals surface area contributed by atoms with Crippen LogP contribution in [0.15, 0.2) is 47.4 Å². The van der Waals surface area contributed by atoms with Crippen LogP contribution >= 0.6 is 0 Å². The van der Waals surface area contributed by atoms with E-state index in [0.717, 1.165) is 5.69 Å². The van der Waals surface area contributed by atoms with Gasteiger partial charge in [0, 0.05) is 19.7 Å². The molecule has 10 nitrogen and oxygen atoms in total. The maximum absolute atomic E-state index is 12.8. The Bertz CT molecular complexity index is 1300. The van der Waals surface area contributed by atoms with Gasteiger partial charge in [0.2, 0.25) is 5.88 Å². The first-order valence-corrected chi connectivity index (χ1v) is 9.66. The Kier molecular flexibility index (Phi) is 5.50. The van der Waals surface area contributed by atoms with Crippen molar-refractivity contribution in [2.75, 3.05) is 19.4 Å². The number of aryl methyl sites for hydroxylation is 2. The molecule has 2 amide bonds. The molecule has 162 valence electrons. The molecule has 0 saturated carbocycles. The number of carbonyl (C=O) groups is 2. The van der Waals surface area contributed by atoms with E-state index in [0.29, 0.717) is 33.9 Å². The summed E-state index contributed by atoms with van der Waals surface area (Å²) in [6.45, 7) is 3.61. The van der Waals surface area contributed by atoms with E-state index in [1.165, 1.54) is 23.5 Å². The molecule has 0 radical (unpaired) electrons. The molecule has 32 heavy (non-hydrogen) atoms. The number of carbonyl (C=O) groups excluding carboxylic acids is 2. The molecule has 4 aromatic rings. The van der Waals surface area contributed by atoms with Gasteiger partial charge in [-0.2, -0.15) is 0 Å². The zero-order chi connectivity index (χ0) is 22.8. The number of nitrogens with one attached hydrogen (secondary N) is 1. The lowest BCUT2D eigenvalue weighted by molar-refractivity contribution is 0.0821. The van der Waals surface area contributed by atoms with Gasteiger partial charge in [-0.1, -0.05) is 0 Å². The number of fused-ring (bicyclic) bond motifs is 1. The second-order valence-electron chi connectivity index (χ2n) is 7.28. The number of amides is 2. The average molecular weight is 432 g/mol. The number of nitrogens with zero attached hydrogens (tertiary/aromatic N) is 5. The summed E-state index contributed by atoms with van der Waals surface area (Å²) in [6.07, 6.45) is 5.73. The van der Waals surface area contributed by atoms with Crippen molar-refractivity contribution in [1.29, 1.82) is 0 Å². The Balaban J connectivity index is 1.64. The van der Waals surface area contributed by atoms with E-state index < -0.39 is 5.91 Å². The molecule has 0 unspecified atom stereocenters. The van der Waals surface area contributed by atoms with Crippen molar-refractivity contribution >= 4 is 28.6 Å². The summed E-state index contributed by atoms with van der Waals surface area (Å²) in [5.74, 6) is 0.843. The molecule has 0 saturated heterocycles. The quantitative estimate of drug-likeness (QED) is 0.509. The molecular weight excluding hydrogens is 412 g/mol. The maximum Gasteiger partial charge on any atom is 0.273 e. The first-order chi connectivity index (χ1) is 15.3. The van der Waals surface area contributed by atoms with Gasteiger partial charge in [-0.3, -0.25) is 14.6 Å². The van der Waals surface area contributed by atoms with Crippen molar-refractivity contribution < 1.29 is 18.7 Å². The number of furan rings is 1. The minimum atomic E-state index is -0.401. The number of anilines is 1. The molecule has 1 aromatic carbocycles. The lowest BCUT2D eigenvalue weighted by Gasteiger charge is -2.11. The van der Waals surface area contributed by atoms with Gasteiger partial charge in [-0.05, 0) is 32.0 Å². The summed E-state index contributed by atoms with van der Waals surface area (Å²) >= 11 is 0. The lowest BCUT2D eigenvalue weighted by atomic mass is 10.1. The van der Waals surface area contributed by atoms with Crippen LogP contribution in [-0.2, 0) is 0 Å². The van der Waals surface area contributed by atoms with Gasteiger partial charge in [0.1, 0.15) is 22.8 Å². The van der Waals surface area contributed by atoms with E-state index in [2.05, 4.69) is 25.3 Å². The first-order valence-electron chi connectivity index (χ1n) is 9.66. The van der Waals surface area contributed by atoms with Crippen molar-refractivity contribution in [2.45, 2.75) is 13.8 Å². The Hall–Kier alpha value is -4.34. The smallest absolute Gasteiger partial charge is 0.273 e. The van der Waals surface area contributed by atoms with Crippen molar-refractivity contribution in [3.05, 3.63) is 65.7 Å². The van der Waals surface area contributed by atoms with E-state index >= 15 is 0 Å². The fraction of sp³-hybridized carbons (Fsp3) is 0.182. The molecule has 3 heterocycles. The fourth-order valence-corrected chi connectivity index (χ4v) is 2.92. The third kappa shape index (κ3) is 4.38. The van der Waals surface area contributed by atoms with E-state index in [9.17, 15) is 9.59 Å². The largest absolute Gasteiger partial charge is 0.461 e. The van der Waals surface area contributed by atoms with Crippen molar-refractivity contribution in [3.8, 4) is 11.6 Å². The zero-order valence-electron chi connectivity index (χ0n) is 17.9. The van der Waals surface area contributed by atoms with E-state index in [1.54, 1.807) is 52.3 Å². The summed E-state index contributed by atoms with van der Waals surface area (Å²) in [5.41, 5.74) is 1.72. The normalized spacial score (nSPS) is 10.8. The number of aromatic nitrogens is 4. The van der Waals surface area contributed by atoms with Gasteiger partial charge in [-0.25, -0.2) is 15.0 Å². The van der Waals surface area contributed by atoms with E-state index in [-0.39, 0.29) is 17.5 Å². The SMILES string of the molecule is Cc1cnc(NC(=O)c2cc(Oc3cnc(C(=O)N(C)C)cn3)c3cc(C)oc3c2)cn1. The molecule has 1 N–H and O–H groups in total. The molecule has 3 aromatic heterocycles. The monoisotopic (exact) mass is 432 g/mol. The Morgan fingerprint density at radius 2 is 1.78 bits per heavy atom. The van der Waals surface area contributed by atoms with Crippen LogP contribution in [0.2, 0.25) is 0 Å². The molecule has 0 fully saturated rings. The first kappa shape index (κ1) is 20.9. The lowest BCUT2D eigenvalue weighted by Crippen LogP contribution is -2.22. The van der Waals surface area contributed by atoms with Crippen LogP contribution < -0.4 is 10.1 Å². The summed E-state index contributed by atoms with van der Waals surface area (Å²) in [7, 11) is 3.26. The third-order valence-electron chi connectivity index (χ3n) is 4.48. The topological polar surface area (TPSA) is 123 Å². The second-order valence-corrected chi connectivity index (χ2v) is 7.28. The molecule has 0 aliphatic rings. The number of hydrogen-bond donors (Lipinski definition) is 1. The number of hydrogen-bond acceptors (Lipinski definition) is 8. The predicted octanol–water partition coefficient (Wildman–Crippen LogP) is 3.38. The van der Waals surface area contributed by atoms with E-state index in [1.807, 2.05) is 0 Å². The molecule has 0 spiro atoms. The van der Waals surface area contributed by atoms with Crippen molar-refractivity contribution in [1.82, 2.24) is 24.8 Å². The zero-order valence-corrected chi connectivity index (χ0v) is 17.9. The van der Waals surface area contributed by atoms with Gasteiger partial charge in [-0.15, -0.1) is 0 Å². The molecule has 0 aliphatic heterocycles. The third-order valence-corrected chi connectivity index (χ3v) is 4.48. The van der Waals surface area contributed by atoms with Crippen LogP contribution in [-0.4, -0.2) is 50.7 Å². The van der Waals surface area contributed by atoms with Gasteiger partial charge in [0.05, 0.1) is 35.9 Å². The summed E-state index contributed by atoms with van der Waals surface area (Å²) in [4.78, 5) is 42.7. The molecule has 0 aliphatic carbocycles. The highest BCUT2D eigenvalue weighted by molar-refractivity contribution is 6.06. The van der Waals surface area contributed by atoms with Gasteiger partial charge < -0.3 is 19.4 Å². The van der Waals surface area contributed by atoms with E-state index in [4.69, 9.17) is 9.15 Å². The molecule has 0 atom stereocenters. The minimum absolute atomic E-state index is 0.169. The molecule has 4 rings (SSSR count). The minimum Gasteiger partial charge on any atom is -0.461 e. The highest BCUT2D eigenvalue weighted by atomic mass is 16.5.